The van der Waals surface area contributed by atoms with Crippen molar-refractivity contribution < 1.29 is 9.90 Å². The first-order valence-electron chi connectivity index (χ1n) is 6.88. The zero-order chi connectivity index (χ0) is 11.9. The second kappa shape index (κ2) is 4.25. The minimum Gasteiger partial charge on any atom is -0.386 e. The van der Waals surface area contributed by atoms with Crippen molar-refractivity contribution >= 4 is 5.91 Å². The molecule has 17 heavy (non-hydrogen) atoms. The van der Waals surface area contributed by atoms with E-state index in [2.05, 4.69) is 5.32 Å². The van der Waals surface area contributed by atoms with Crippen molar-refractivity contribution in [1.29, 1.82) is 0 Å². The van der Waals surface area contributed by atoms with Crippen LogP contribution in [0.4, 0.5) is 0 Å². The number of nitrogens with one attached hydrogen (secondary N) is 1. The Kier molecular flexibility index (Phi) is 2.87. The Morgan fingerprint density at radius 1 is 1.24 bits per heavy atom. The number of likely N-dealkylation sites (tertiary alicyclic amines) is 1. The molecular formula is C13H22N2O2. The van der Waals surface area contributed by atoms with Gasteiger partial charge in [-0.15, -0.1) is 0 Å². The van der Waals surface area contributed by atoms with Crippen LogP contribution in [-0.4, -0.2) is 47.7 Å². The smallest absolute Gasteiger partial charge is 0.223 e. The summed E-state index contributed by atoms with van der Waals surface area (Å²) in [4.78, 5) is 13.9. The molecule has 0 radical (unpaired) electrons. The van der Waals surface area contributed by atoms with Crippen LogP contribution in [0.15, 0.2) is 0 Å². The van der Waals surface area contributed by atoms with Gasteiger partial charge in [-0.2, -0.15) is 0 Å². The van der Waals surface area contributed by atoms with E-state index in [-0.39, 0.29) is 5.91 Å². The summed E-state index contributed by atoms with van der Waals surface area (Å²) < 4.78 is 0. The number of piperidine rings is 1. The van der Waals surface area contributed by atoms with Crippen molar-refractivity contribution in [3.8, 4) is 0 Å². The van der Waals surface area contributed by atoms with Crippen molar-refractivity contribution in [1.82, 2.24) is 10.2 Å². The highest BCUT2D eigenvalue weighted by Crippen LogP contribution is 2.44. The molecule has 1 aliphatic carbocycles. The molecule has 0 unspecified atom stereocenters. The highest BCUT2D eigenvalue weighted by Gasteiger charge is 2.53. The Bertz CT molecular complexity index is 303. The lowest BCUT2D eigenvalue weighted by Gasteiger charge is -2.47. The molecule has 3 aliphatic rings. The second-order valence-corrected chi connectivity index (χ2v) is 6.03. The minimum atomic E-state index is -0.524. The van der Waals surface area contributed by atoms with Crippen molar-refractivity contribution in [2.45, 2.75) is 37.7 Å². The predicted molar refractivity (Wildman–Crippen MR) is 64.5 cm³/mol. The molecule has 0 aromatic rings. The van der Waals surface area contributed by atoms with E-state index in [0.717, 1.165) is 38.8 Å². The summed E-state index contributed by atoms with van der Waals surface area (Å²) in [6.45, 7) is 3.26. The zero-order valence-electron chi connectivity index (χ0n) is 10.3. The van der Waals surface area contributed by atoms with E-state index in [1.807, 2.05) is 4.90 Å². The van der Waals surface area contributed by atoms with Crippen LogP contribution < -0.4 is 5.32 Å². The lowest BCUT2D eigenvalue weighted by atomic mass is 9.87. The summed E-state index contributed by atoms with van der Waals surface area (Å²) in [5, 5.41) is 13.5. The van der Waals surface area contributed by atoms with Crippen molar-refractivity contribution in [3.05, 3.63) is 0 Å². The van der Waals surface area contributed by atoms with Gasteiger partial charge < -0.3 is 15.3 Å². The summed E-state index contributed by atoms with van der Waals surface area (Å²) in [6, 6.07) is 0. The van der Waals surface area contributed by atoms with E-state index in [9.17, 15) is 9.90 Å². The van der Waals surface area contributed by atoms with Crippen LogP contribution >= 0.6 is 0 Å². The number of carbonyl (C=O) groups excluding carboxylic acids is 1. The lowest BCUT2D eigenvalue weighted by molar-refractivity contribution is -0.160. The van der Waals surface area contributed by atoms with E-state index in [1.54, 1.807) is 0 Å². The van der Waals surface area contributed by atoms with E-state index in [1.165, 1.54) is 0 Å². The van der Waals surface area contributed by atoms with Crippen LogP contribution in [0.3, 0.4) is 0 Å². The highest BCUT2D eigenvalue weighted by atomic mass is 16.3. The van der Waals surface area contributed by atoms with Crippen molar-refractivity contribution in [2.75, 3.05) is 26.2 Å². The number of amides is 1. The monoisotopic (exact) mass is 238 g/mol. The molecular weight excluding hydrogens is 216 g/mol. The van der Waals surface area contributed by atoms with E-state index >= 15 is 0 Å². The summed E-state index contributed by atoms with van der Waals surface area (Å²) in [6.07, 6.45) is 5.21. The molecule has 0 spiro atoms. The molecule has 1 saturated carbocycles. The third-order valence-electron chi connectivity index (χ3n) is 4.54. The molecule has 0 bridgehead atoms. The Hall–Kier alpha value is -0.610. The maximum absolute atomic E-state index is 12.0. The number of aliphatic hydroxyl groups is 1. The van der Waals surface area contributed by atoms with Gasteiger partial charge in [-0.3, -0.25) is 4.79 Å². The van der Waals surface area contributed by atoms with Gasteiger partial charge in [0, 0.05) is 6.42 Å². The predicted octanol–water partition coefficient (Wildman–Crippen LogP) is 0.359. The SMILES string of the molecule is O=C(CC1CCNCC1)N1CC(O)(C2CC2)C1. The topological polar surface area (TPSA) is 52.6 Å². The number of rotatable bonds is 3. The first kappa shape index (κ1) is 11.5. The minimum absolute atomic E-state index is 0.252. The molecule has 1 amide bonds. The molecule has 2 heterocycles. The molecule has 4 heteroatoms. The van der Waals surface area contributed by atoms with Crippen LogP contribution in [0.2, 0.25) is 0 Å². The van der Waals surface area contributed by atoms with Gasteiger partial charge in [0.25, 0.3) is 0 Å². The summed E-state index contributed by atoms with van der Waals surface area (Å²) in [5.74, 6) is 1.28. The van der Waals surface area contributed by atoms with Gasteiger partial charge in [-0.25, -0.2) is 0 Å². The number of hydrogen-bond donors (Lipinski definition) is 2. The largest absolute Gasteiger partial charge is 0.386 e. The summed E-state index contributed by atoms with van der Waals surface area (Å²) >= 11 is 0. The van der Waals surface area contributed by atoms with Crippen LogP contribution in [0.5, 0.6) is 0 Å². The maximum atomic E-state index is 12.0. The molecule has 3 fully saturated rings. The molecule has 2 saturated heterocycles. The second-order valence-electron chi connectivity index (χ2n) is 6.03. The van der Waals surface area contributed by atoms with Gasteiger partial charge in [0.15, 0.2) is 0 Å². The number of nitrogens with zero attached hydrogens (tertiary/aromatic N) is 1. The van der Waals surface area contributed by atoms with E-state index in [0.29, 0.717) is 31.3 Å². The van der Waals surface area contributed by atoms with Gasteiger partial charge in [-0.1, -0.05) is 0 Å². The van der Waals surface area contributed by atoms with E-state index < -0.39 is 5.60 Å². The third kappa shape index (κ3) is 2.33. The zero-order valence-corrected chi connectivity index (χ0v) is 10.3. The highest BCUT2D eigenvalue weighted by molar-refractivity contribution is 5.77. The van der Waals surface area contributed by atoms with Crippen molar-refractivity contribution in [2.24, 2.45) is 11.8 Å². The fourth-order valence-corrected chi connectivity index (χ4v) is 3.13. The van der Waals surface area contributed by atoms with Gasteiger partial charge in [0.05, 0.1) is 13.1 Å². The van der Waals surface area contributed by atoms with Crippen LogP contribution in [0.25, 0.3) is 0 Å². The van der Waals surface area contributed by atoms with Crippen LogP contribution in [0, 0.1) is 11.8 Å². The van der Waals surface area contributed by atoms with Gasteiger partial charge in [-0.05, 0) is 50.6 Å². The fourth-order valence-electron chi connectivity index (χ4n) is 3.13. The Morgan fingerprint density at radius 3 is 2.47 bits per heavy atom. The van der Waals surface area contributed by atoms with E-state index in [4.69, 9.17) is 0 Å². The average molecular weight is 238 g/mol. The molecule has 4 nitrogen and oxygen atoms in total. The van der Waals surface area contributed by atoms with Crippen LogP contribution in [0.1, 0.15) is 32.1 Å². The summed E-state index contributed by atoms with van der Waals surface area (Å²) in [5.41, 5.74) is -0.524. The quantitative estimate of drug-likeness (QED) is 0.746. The first-order chi connectivity index (χ1) is 8.17. The molecule has 0 aromatic heterocycles. The number of β-amino-alcohol motifs (C(OH)–C–C–N with tert-alkyl or cyclic N) is 1. The maximum Gasteiger partial charge on any atom is 0.223 e. The molecule has 2 aliphatic heterocycles. The van der Waals surface area contributed by atoms with Gasteiger partial charge in [0.1, 0.15) is 5.60 Å². The number of carbonyl (C=O) groups is 1. The molecule has 2 N–H and O–H groups in total. The normalized spacial score (nSPS) is 28.9. The Morgan fingerprint density at radius 2 is 1.88 bits per heavy atom. The standard InChI is InChI=1S/C13H22N2O2/c16-12(7-10-3-5-14-6-4-10)15-8-13(17,9-15)11-1-2-11/h10-11,14,17H,1-9H2. The summed E-state index contributed by atoms with van der Waals surface area (Å²) in [7, 11) is 0. The first-order valence-corrected chi connectivity index (χ1v) is 6.88. The Balaban J connectivity index is 1.44. The molecule has 0 atom stereocenters. The van der Waals surface area contributed by atoms with Crippen LogP contribution in [-0.2, 0) is 4.79 Å². The molecule has 0 aromatic carbocycles. The van der Waals surface area contributed by atoms with Gasteiger partial charge in [0.2, 0.25) is 5.91 Å². The van der Waals surface area contributed by atoms with Crippen molar-refractivity contribution in [3.63, 3.8) is 0 Å². The lowest BCUT2D eigenvalue weighted by Crippen LogP contribution is -2.64. The third-order valence-corrected chi connectivity index (χ3v) is 4.54. The molecule has 3 rings (SSSR count). The Labute approximate surface area is 102 Å². The van der Waals surface area contributed by atoms with Gasteiger partial charge >= 0.3 is 0 Å². The average Bonchev–Trinajstić information content (AvgIpc) is 3.10. The number of hydrogen-bond acceptors (Lipinski definition) is 3. The fraction of sp³-hybridized carbons (Fsp3) is 0.923. The molecule has 96 valence electrons.